The highest BCUT2D eigenvalue weighted by Crippen LogP contribution is 2.42. The summed E-state index contributed by atoms with van der Waals surface area (Å²) >= 11 is 5.78. The summed E-state index contributed by atoms with van der Waals surface area (Å²) in [6.45, 7) is 1.65. The molecule has 0 radical (unpaired) electrons. The van der Waals surface area contributed by atoms with Crippen molar-refractivity contribution in [3.8, 4) is 5.75 Å². The van der Waals surface area contributed by atoms with E-state index in [1.54, 1.807) is 31.2 Å². The molecule has 3 rings (SSSR count). The molecule has 0 aromatic heterocycles. The normalized spacial score (nSPS) is 25.4. The molecule has 2 N–H and O–H groups in total. The summed E-state index contributed by atoms with van der Waals surface area (Å²) in [7, 11) is 0. The molecule has 1 aromatic carbocycles. The van der Waals surface area contributed by atoms with E-state index in [-0.39, 0.29) is 25.0 Å². The van der Waals surface area contributed by atoms with Crippen molar-refractivity contribution in [3.63, 3.8) is 0 Å². The van der Waals surface area contributed by atoms with Gasteiger partial charge < -0.3 is 15.2 Å². The van der Waals surface area contributed by atoms with Crippen LogP contribution in [-0.4, -0.2) is 46.7 Å². The molecule has 0 unspecified atom stereocenters. The molecule has 1 aliphatic carbocycles. The number of carbonyl (C=O) groups excluding carboxylic acids is 2. The Balaban J connectivity index is 1.55. The van der Waals surface area contributed by atoms with Crippen molar-refractivity contribution in [2.75, 3.05) is 13.2 Å². The van der Waals surface area contributed by atoms with Gasteiger partial charge in [-0.3, -0.25) is 9.69 Å². The molecular weight excluding hydrogens is 320 g/mol. The number of imide groups is 1. The van der Waals surface area contributed by atoms with Gasteiger partial charge in [-0.05, 0) is 49.9 Å². The SMILES string of the molecule is C[C@]1(C2CC2)NC(=O)N(C[C@H](O)COc2ccc(Cl)cc2)C1=O. The topological polar surface area (TPSA) is 78.9 Å². The van der Waals surface area contributed by atoms with Crippen LogP contribution >= 0.6 is 11.6 Å². The predicted molar refractivity (Wildman–Crippen MR) is 84.3 cm³/mol. The van der Waals surface area contributed by atoms with Crippen LogP contribution in [0.3, 0.4) is 0 Å². The Labute approximate surface area is 139 Å². The average molecular weight is 339 g/mol. The highest BCUT2D eigenvalue weighted by molar-refractivity contribution is 6.30. The highest BCUT2D eigenvalue weighted by atomic mass is 35.5. The molecule has 1 saturated heterocycles. The van der Waals surface area contributed by atoms with Crippen LogP contribution in [0.4, 0.5) is 4.79 Å². The molecule has 3 amide bonds. The van der Waals surface area contributed by atoms with Crippen molar-refractivity contribution < 1.29 is 19.4 Å². The van der Waals surface area contributed by atoms with E-state index in [0.717, 1.165) is 17.7 Å². The Hall–Kier alpha value is -1.79. The van der Waals surface area contributed by atoms with Crippen molar-refractivity contribution in [1.29, 1.82) is 0 Å². The number of halogens is 1. The molecular formula is C16H19ClN2O4. The highest BCUT2D eigenvalue weighted by Gasteiger charge is 2.56. The van der Waals surface area contributed by atoms with E-state index in [1.165, 1.54) is 0 Å². The standard InChI is InChI=1S/C16H19ClN2O4/c1-16(10-2-3-10)14(21)19(15(22)18-16)8-12(20)9-23-13-6-4-11(17)5-7-13/h4-7,10,12,20H,2-3,8-9H2,1H3,(H,18,22)/t12-,16+/m0/s1. The summed E-state index contributed by atoms with van der Waals surface area (Å²) in [5.41, 5.74) is -0.826. The zero-order valence-electron chi connectivity index (χ0n) is 12.8. The number of hydrogen-bond donors (Lipinski definition) is 2. The molecule has 1 heterocycles. The van der Waals surface area contributed by atoms with E-state index >= 15 is 0 Å². The molecule has 1 saturated carbocycles. The first kappa shape index (κ1) is 16.1. The lowest BCUT2D eigenvalue weighted by Gasteiger charge is -2.22. The van der Waals surface area contributed by atoms with E-state index in [4.69, 9.17) is 16.3 Å². The minimum Gasteiger partial charge on any atom is -0.491 e. The van der Waals surface area contributed by atoms with Gasteiger partial charge in [-0.25, -0.2) is 4.79 Å². The maximum atomic E-state index is 12.4. The van der Waals surface area contributed by atoms with Crippen LogP contribution in [0.15, 0.2) is 24.3 Å². The van der Waals surface area contributed by atoms with Crippen molar-refractivity contribution in [2.24, 2.45) is 5.92 Å². The average Bonchev–Trinajstić information content (AvgIpc) is 3.33. The third-order valence-corrected chi connectivity index (χ3v) is 4.60. The van der Waals surface area contributed by atoms with E-state index in [2.05, 4.69) is 5.32 Å². The van der Waals surface area contributed by atoms with Crippen molar-refractivity contribution >= 4 is 23.5 Å². The second-order valence-corrected chi connectivity index (χ2v) is 6.68. The summed E-state index contributed by atoms with van der Waals surface area (Å²) in [4.78, 5) is 25.5. The van der Waals surface area contributed by atoms with Crippen molar-refractivity contribution in [1.82, 2.24) is 10.2 Å². The summed E-state index contributed by atoms with van der Waals surface area (Å²) < 4.78 is 5.44. The largest absolute Gasteiger partial charge is 0.491 e. The number of β-amino-alcohol motifs (C(OH)–C–C–N with tert-alkyl or cyclic N) is 1. The van der Waals surface area contributed by atoms with Crippen LogP contribution in [0.5, 0.6) is 5.75 Å². The predicted octanol–water partition coefficient (Wildman–Crippen LogP) is 1.80. The quantitative estimate of drug-likeness (QED) is 0.775. The molecule has 2 fully saturated rings. The maximum absolute atomic E-state index is 12.4. The molecule has 23 heavy (non-hydrogen) atoms. The van der Waals surface area contributed by atoms with Crippen LogP contribution in [0.25, 0.3) is 0 Å². The lowest BCUT2D eigenvalue weighted by molar-refractivity contribution is -0.132. The number of rotatable bonds is 6. The summed E-state index contributed by atoms with van der Waals surface area (Å²) in [6.07, 6.45) is 0.930. The molecule has 7 heteroatoms. The van der Waals surface area contributed by atoms with Crippen LogP contribution in [0.2, 0.25) is 5.02 Å². The van der Waals surface area contributed by atoms with Gasteiger partial charge in [-0.2, -0.15) is 0 Å². The van der Waals surface area contributed by atoms with E-state index in [1.807, 2.05) is 0 Å². The summed E-state index contributed by atoms with van der Waals surface area (Å²) in [5, 5.41) is 13.4. The summed E-state index contributed by atoms with van der Waals surface area (Å²) in [5.74, 6) is 0.496. The van der Waals surface area contributed by atoms with E-state index in [0.29, 0.717) is 10.8 Å². The van der Waals surface area contributed by atoms with Crippen molar-refractivity contribution in [3.05, 3.63) is 29.3 Å². The fourth-order valence-electron chi connectivity index (χ4n) is 2.81. The number of nitrogens with one attached hydrogen (secondary N) is 1. The molecule has 0 bridgehead atoms. The fourth-order valence-corrected chi connectivity index (χ4v) is 2.93. The molecule has 1 aromatic rings. The van der Waals surface area contributed by atoms with Crippen LogP contribution < -0.4 is 10.1 Å². The van der Waals surface area contributed by atoms with Gasteiger partial charge in [0.05, 0.1) is 6.54 Å². The Kier molecular flexibility index (Phi) is 4.21. The zero-order valence-corrected chi connectivity index (χ0v) is 13.5. The van der Waals surface area contributed by atoms with Gasteiger partial charge in [0, 0.05) is 5.02 Å². The lowest BCUT2D eigenvalue weighted by atomic mass is 9.96. The Morgan fingerprint density at radius 1 is 1.39 bits per heavy atom. The van der Waals surface area contributed by atoms with Gasteiger partial charge in [0.2, 0.25) is 0 Å². The first-order chi connectivity index (χ1) is 10.9. The van der Waals surface area contributed by atoms with Gasteiger partial charge >= 0.3 is 6.03 Å². The third kappa shape index (κ3) is 3.28. The number of carbonyl (C=O) groups is 2. The second-order valence-electron chi connectivity index (χ2n) is 6.24. The second kappa shape index (κ2) is 6.02. The number of benzene rings is 1. The number of amides is 3. The lowest BCUT2D eigenvalue weighted by Crippen LogP contribution is -2.46. The first-order valence-electron chi connectivity index (χ1n) is 7.60. The van der Waals surface area contributed by atoms with Gasteiger partial charge in [0.1, 0.15) is 24.0 Å². The van der Waals surface area contributed by atoms with Crippen molar-refractivity contribution in [2.45, 2.75) is 31.4 Å². The fraction of sp³-hybridized carbons (Fsp3) is 0.500. The minimum atomic E-state index is -0.957. The van der Waals surface area contributed by atoms with Gasteiger partial charge in [0.25, 0.3) is 5.91 Å². The molecule has 2 aliphatic rings. The maximum Gasteiger partial charge on any atom is 0.325 e. The number of hydrogen-bond acceptors (Lipinski definition) is 4. The van der Waals surface area contributed by atoms with Gasteiger partial charge in [-0.1, -0.05) is 11.6 Å². The van der Waals surface area contributed by atoms with E-state index in [9.17, 15) is 14.7 Å². The Morgan fingerprint density at radius 2 is 2.04 bits per heavy atom. The van der Waals surface area contributed by atoms with Gasteiger partial charge in [-0.15, -0.1) is 0 Å². The number of aliphatic hydroxyl groups is 1. The van der Waals surface area contributed by atoms with Crippen LogP contribution in [0, 0.1) is 5.92 Å². The van der Waals surface area contributed by atoms with Crippen LogP contribution in [-0.2, 0) is 4.79 Å². The monoisotopic (exact) mass is 338 g/mol. The molecule has 2 atom stereocenters. The molecule has 1 aliphatic heterocycles. The van der Waals surface area contributed by atoms with Gasteiger partial charge in [0.15, 0.2) is 0 Å². The first-order valence-corrected chi connectivity index (χ1v) is 7.98. The zero-order chi connectivity index (χ0) is 16.6. The Bertz CT molecular complexity index is 617. The molecule has 0 spiro atoms. The van der Waals surface area contributed by atoms with Crippen LogP contribution in [0.1, 0.15) is 19.8 Å². The molecule has 124 valence electrons. The number of nitrogens with zero attached hydrogens (tertiary/aromatic N) is 1. The number of urea groups is 1. The molecule has 6 nitrogen and oxygen atoms in total. The number of ether oxygens (including phenoxy) is 1. The minimum absolute atomic E-state index is 0.0150. The Morgan fingerprint density at radius 3 is 2.65 bits per heavy atom. The summed E-state index contributed by atoms with van der Waals surface area (Å²) in [6, 6.07) is 6.29. The smallest absolute Gasteiger partial charge is 0.325 e. The third-order valence-electron chi connectivity index (χ3n) is 4.34. The number of aliphatic hydroxyl groups excluding tert-OH is 1. The van der Waals surface area contributed by atoms with E-state index < -0.39 is 17.7 Å².